The molecule has 1 heterocycles. The van der Waals surface area contributed by atoms with Crippen molar-refractivity contribution in [2.75, 3.05) is 11.9 Å². The highest BCUT2D eigenvalue weighted by atomic mass is 32.2. The average molecular weight is 450 g/mol. The van der Waals surface area contributed by atoms with Crippen molar-refractivity contribution in [3.05, 3.63) is 45.8 Å². The van der Waals surface area contributed by atoms with E-state index in [0.29, 0.717) is 10.6 Å². The third kappa shape index (κ3) is 4.59. The molecule has 1 aliphatic rings. The molecular formula is C22H27NO5S2. The number of rotatable bonds is 6. The standard InChI is InChI=1S/C22H27NO5S2/c1-4-28-22(25)19-17-11-6-5-7-12-18(17)29-21(19)23-20(24)15-9-8-10-16(13-15)30(26,27)14(2)3/h8-10,13-14H,4-7,11-12H2,1-3H3,(H,23,24). The number of aryl methyl sites for hydroxylation is 1. The molecule has 1 N–H and O–H groups in total. The Balaban J connectivity index is 1.95. The van der Waals surface area contributed by atoms with Gasteiger partial charge in [0, 0.05) is 10.4 Å². The lowest BCUT2D eigenvalue weighted by Gasteiger charge is -2.11. The van der Waals surface area contributed by atoms with Crippen molar-refractivity contribution in [1.82, 2.24) is 0 Å². The van der Waals surface area contributed by atoms with Gasteiger partial charge in [-0.25, -0.2) is 13.2 Å². The first-order valence-electron chi connectivity index (χ1n) is 10.2. The van der Waals surface area contributed by atoms with Crippen molar-refractivity contribution in [3.63, 3.8) is 0 Å². The second kappa shape index (κ2) is 9.31. The van der Waals surface area contributed by atoms with E-state index in [4.69, 9.17) is 4.74 Å². The summed E-state index contributed by atoms with van der Waals surface area (Å²) >= 11 is 1.42. The van der Waals surface area contributed by atoms with Crippen molar-refractivity contribution in [3.8, 4) is 0 Å². The molecule has 0 aliphatic heterocycles. The Labute approximate surface area is 181 Å². The van der Waals surface area contributed by atoms with Gasteiger partial charge in [0.1, 0.15) is 5.00 Å². The molecule has 1 aromatic heterocycles. The summed E-state index contributed by atoms with van der Waals surface area (Å²) in [6, 6.07) is 5.99. The van der Waals surface area contributed by atoms with Gasteiger partial charge in [-0.2, -0.15) is 0 Å². The second-order valence-electron chi connectivity index (χ2n) is 7.56. The molecule has 162 valence electrons. The number of fused-ring (bicyclic) bond motifs is 1. The summed E-state index contributed by atoms with van der Waals surface area (Å²) in [6.45, 7) is 5.21. The van der Waals surface area contributed by atoms with Gasteiger partial charge in [-0.1, -0.05) is 12.5 Å². The number of anilines is 1. The molecule has 1 amide bonds. The van der Waals surface area contributed by atoms with Crippen LogP contribution in [0, 0.1) is 0 Å². The summed E-state index contributed by atoms with van der Waals surface area (Å²) in [5.41, 5.74) is 1.65. The van der Waals surface area contributed by atoms with E-state index in [1.165, 1.54) is 23.5 Å². The Morgan fingerprint density at radius 1 is 1.17 bits per heavy atom. The topological polar surface area (TPSA) is 89.5 Å². The predicted octanol–water partition coefficient (Wildman–Crippen LogP) is 4.63. The first kappa shape index (κ1) is 22.5. The van der Waals surface area contributed by atoms with Crippen LogP contribution >= 0.6 is 11.3 Å². The van der Waals surface area contributed by atoms with Crippen molar-refractivity contribution in [1.29, 1.82) is 0 Å². The quantitative estimate of drug-likeness (QED) is 0.513. The summed E-state index contributed by atoms with van der Waals surface area (Å²) in [5, 5.41) is 2.73. The first-order valence-corrected chi connectivity index (χ1v) is 12.6. The molecule has 6 nitrogen and oxygen atoms in total. The van der Waals surface area contributed by atoms with Crippen LogP contribution in [0.25, 0.3) is 0 Å². The molecule has 0 radical (unpaired) electrons. The molecular weight excluding hydrogens is 422 g/mol. The van der Waals surface area contributed by atoms with E-state index in [1.54, 1.807) is 32.9 Å². The van der Waals surface area contributed by atoms with E-state index < -0.39 is 27.0 Å². The zero-order valence-corrected chi connectivity index (χ0v) is 19.1. The lowest BCUT2D eigenvalue weighted by molar-refractivity contribution is 0.0527. The predicted molar refractivity (Wildman–Crippen MR) is 118 cm³/mol. The summed E-state index contributed by atoms with van der Waals surface area (Å²) in [5.74, 6) is -0.874. The van der Waals surface area contributed by atoms with Crippen LogP contribution in [0.4, 0.5) is 5.00 Å². The van der Waals surface area contributed by atoms with Crippen LogP contribution in [0.15, 0.2) is 29.2 Å². The molecule has 3 rings (SSSR count). The minimum Gasteiger partial charge on any atom is -0.462 e. The fourth-order valence-corrected chi connectivity index (χ4v) is 5.89. The highest BCUT2D eigenvalue weighted by Gasteiger charge is 2.27. The van der Waals surface area contributed by atoms with E-state index in [9.17, 15) is 18.0 Å². The van der Waals surface area contributed by atoms with E-state index in [2.05, 4.69) is 5.32 Å². The summed E-state index contributed by atoms with van der Waals surface area (Å²) in [6.07, 6.45) is 4.84. The third-order valence-corrected chi connectivity index (χ3v) is 8.53. The van der Waals surface area contributed by atoms with E-state index in [0.717, 1.165) is 42.5 Å². The first-order chi connectivity index (χ1) is 14.3. The zero-order chi connectivity index (χ0) is 21.9. The summed E-state index contributed by atoms with van der Waals surface area (Å²) in [4.78, 5) is 26.8. The van der Waals surface area contributed by atoms with Crippen LogP contribution in [0.3, 0.4) is 0 Å². The van der Waals surface area contributed by atoms with Gasteiger partial charge >= 0.3 is 5.97 Å². The minimum absolute atomic E-state index is 0.109. The van der Waals surface area contributed by atoms with Gasteiger partial charge in [-0.15, -0.1) is 11.3 Å². The normalized spacial score (nSPS) is 14.1. The number of thiophene rings is 1. The lowest BCUT2D eigenvalue weighted by Crippen LogP contribution is -2.17. The van der Waals surface area contributed by atoms with Crippen LogP contribution in [-0.2, 0) is 27.4 Å². The highest BCUT2D eigenvalue weighted by molar-refractivity contribution is 7.92. The van der Waals surface area contributed by atoms with Gasteiger partial charge in [0.25, 0.3) is 5.91 Å². The molecule has 0 atom stereocenters. The lowest BCUT2D eigenvalue weighted by atomic mass is 10.1. The number of carbonyl (C=O) groups is 2. The van der Waals surface area contributed by atoms with Crippen molar-refractivity contribution >= 4 is 38.1 Å². The van der Waals surface area contributed by atoms with Gasteiger partial charge in [0.2, 0.25) is 0 Å². The maximum atomic E-state index is 12.9. The molecule has 0 spiro atoms. The fourth-order valence-electron chi connectivity index (χ4n) is 3.51. The van der Waals surface area contributed by atoms with Crippen LogP contribution in [-0.4, -0.2) is 32.2 Å². The van der Waals surface area contributed by atoms with Crippen LogP contribution < -0.4 is 5.32 Å². The number of amides is 1. The van der Waals surface area contributed by atoms with Gasteiger partial charge in [0.05, 0.1) is 22.3 Å². The molecule has 8 heteroatoms. The average Bonchev–Trinajstić information content (AvgIpc) is 2.88. The largest absolute Gasteiger partial charge is 0.462 e. The molecule has 0 unspecified atom stereocenters. The molecule has 2 aromatic rings. The third-order valence-electron chi connectivity index (χ3n) is 5.17. The summed E-state index contributed by atoms with van der Waals surface area (Å²) < 4.78 is 30.2. The van der Waals surface area contributed by atoms with Crippen molar-refractivity contribution < 1.29 is 22.7 Å². The summed E-state index contributed by atoms with van der Waals surface area (Å²) in [7, 11) is -3.49. The van der Waals surface area contributed by atoms with Crippen LogP contribution in [0.2, 0.25) is 0 Å². The maximum absolute atomic E-state index is 12.9. The number of carbonyl (C=O) groups excluding carboxylic acids is 2. The van der Waals surface area contributed by atoms with Gasteiger partial charge in [-0.05, 0) is 70.2 Å². The second-order valence-corrected chi connectivity index (χ2v) is 11.2. The maximum Gasteiger partial charge on any atom is 0.341 e. The molecule has 1 aromatic carbocycles. The molecule has 0 fully saturated rings. The van der Waals surface area contributed by atoms with Crippen LogP contribution in [0.1, 0.15) is 71.2 Å². The smallest absolute Gasteiger partial charge is 0.341 e. The monoisotopic (exact) mass is 449 g/mol. The van der Waals surface area contributed by atoms with Gasteiger partial charge in [-0.3, -0.25) is 4.79 Å². The van der Waals surface area contributed by atoms with E-state index in [1.807, 2.05) is 0 Å². The number of hydrogen-bond donors (Lipinski definition) is 1. The molecule has 30 heavy (non-hydrogen) atoms. The van der Waals surface area contributed by atoms with E-state index in [-0.39, 0.29) is 17.1 Å². The molecule has 0 bridgehead atoms. The molecule has 0 saturated heterocycles. The Bertz CT molecular complexity index is 1050. The minimum atomic E-state index is -3.49. The number of hydrogen-bond acceptors (Lipinski definition) is 6. The number of nitrogens with one attached hydrogen (secondary N) is 1. The van der Waals surface area contributed by atoms with Crippen LogP contribution in [0.5, 0.6) is 0 Å². The highest BCUT2D eigenvalue weighted by Crippen LogP contribution is 2.38. The SMILES string of the molecule is CCOC(=O)c1c(NC(=O)c2cccc(S(=O)(=O)C(C)C)c2)sc2c1CCCCC2. The van der Waals surface area contributed by atoms with E-state index >= 15 is 0 Å². The van der Waals surface area contributed by atoms with Crippen molar-refractivity contribution in [2.45, 2.75) is 63.0 Å². The Morgan fingerprint density at radius 2 is 1.90 bits per heavy atom. The fraction of sp³-hybridized carbons (Fsp3) is 0.455. The number of sulfone groups is 1. The van der Waals surface area contributed by atoms with Crippen molar-refractivity contribution in [2.24, 2.45) is 0 Å². The van der Waals surface area contributed by atoms with Gasteiger partial charge in [0.15, 0.2) is 9.84 Å². The molecule has 1 aliphatic carbocycles. The Morgan fingerprint density at radius 3 is 2.60 bits per heavy atom. The zero-order valence-electron chi connectivity index (χ0n) is 17.5. The number of ether oxygens (including phenoxy) is 1. The number of benzene rings is 1. The van der Waals surface area contributed by atoms with Gasteiger partial charge < -0.3 is 10.1 Å². The Kier molecular flexibility index (Phi) is 6.98. The molecule has 0 saturated carbocycles. The Hall–Kier alpha value is -2.19. The number of esters is 1.